The van der Waals surface area contributed by atoms with Crippen LogP contribution in [0, 0.1) is 5.92 Å². The summed E-state index contributed by atoms with van der Waals surface area (Å²) in [6.45, 7) is 4.60. The summed E-state index contributed by atoms with van der Waals surface area (Å²) >= 11 is 0. The Bertz CT molecular complexity index is 969. The third-order valence-electron chi connectivity index (χ3n) is 5.38. The van der Waals surface area contributed by atoms with E-state index in [1.54, 1.807) is 14.2 Å². The van der Waals surface area contributed by atoms with Gasteiger partial charge in [0.2, 0.25) is 11.9 Å². The number of fused-ring (bicyclic) bond motifs is 2. The molecule has 0 radical (unpaired) electrons. The van der Waals surface area contributed by atoms with E-state index in [0.717, 1.165) is 22.9 Å². The van der Waals surface area contributed by atoms with Crippen LogP contribution in [0.4, 0.5) is 10.5 Å². The molecule has 3 heterocycles. The van der Waals surface area contributed by atoms with Crippen molar-refractivity contribution in [2.45, 2.75) is 19.9 Å². The number of carbonyl (C=O) groups is 3. The Morgan fingerprint density at radius 2 is 2.10 bits per heavy atom. The van der Waals surface area contributed by atoms with Crippen LogP contribution in [0.15, 0.2) is 29.3 Å². The number of carbonyl (C=O) groups excluding carboxylic acids is 3. The maximum Gasteiger partial charge on any atom is 0.397 e. The zero-order chi connectivity index (χ0) is 20.9. The predicted molar refractivity (Wildman–Crippen MR) is 106 cm³/mol. The lowest BCUT2D eigenvalue weighted by atomic mass is 10.1. The third kappa shape index (κ3) is 3.06. The number of nitrogens with zero attached hydrogens (tertiary/aromatic N) is 5. The first-order valence-electron chi connectivity index (χ1n) is 9.54. The van der Waals surface area contributed by atoms with Gasteiger partial charge in [-0.25, -0.2) is 14.3 Å². The number of amides is 3. The van der Waals surface area contributed by atoms with Crippen LogP contribution >= 0.6 is 0 Å². The molecule has 0 bridgehead atoms. The van der Waals surface area contributed by atoms with Gasteiger partial charge in [0.1, 0.15) is 17.2 Å². The first-order chi connectivity index (χ1) is 13.8. The maximum absolute atomic E-state index is 13.2. The van der Waals surface area contributed by atoms with E-state index in [-0.39, 0.29) is 18.2 Å². The molecule has 0 saturated carbocycles. The van der Waals surface area contributed by atoms with Crippen LogP contribution in [0.2, 0.25) is 0 Å². The molecule has 1 aromatic carbocycles. The quantitative estimate of drug-likeness (QED) is 0.700. The lowest BCUT2D eigenvalue weighted by Gasteiger charge is -2.35. The number of methoxy groups -OCH3 is 1. The van der Waals surface area contributed by atoms with Crippen molar-refractivity contribution in [2.75, 3.05) is 38.7 Å². The number of benzene rings is 1. The largest absolute Gasteiger partial charge is 0.497 e. The van der Waals surface area contributed by atoms with Crippen molar-refractivity contribution < 1.29 is 23.7 Å². The van der Waals surface area contributed by atoms with Gasteiger partial charge in [0, 0.05) is 19.0 Å². The molecule has 0 spiro atoms. The number of ketones is 1. The Kier molecular flexibility index (Phi) is 4.60. The minimum atomic E-state index is -0.706. The summed E-state index contributed by atoms with van der Waals surface area (Å²) in [7, 11) is 3.21. The normalized spacial score (nSPS) is 23.9. The summed E-state index contributed by atoms with van der Waals surface area (Å²) in [5.41, 5.74) is 0.904. The van der Waals surface area contributed by atoms with Crippen molar-refractivity contribution in [1.29, 1.82) is 0 Å². The van der Waals surface area contributed by atoms with Crippen molar-refractivity contribution in [3.63, 3.8) is 0 Å². The topological polar surface area (TPSA) is 85.5 Å². The van der Waals surface area contributed by atoms with Crippen molar-refractivity contribution in [1.82, 2.24) is 9.80 Å². The number of hydrogen-bond acceptors (Lipinski definition) is 6. The average molecular weight is 398 g/mol. The standard InChI is InChI=1S/C20H24N5O4/c1-12-9-23(14-6-5-7-15(8-14)29-4)19-21-17-16(24(19)10-12)18(27)25(11-13(2)26)20(28)22(17)3/h5-8,12,16H,9-11H2,1-4H3/q+1. The SMILES string of the molecule is COc1cccc(N2CC(C)C[N+]3=C2N=C2C3C(=O)N(CC(C)=O)C(=O)N2C)c1. The van der Waals surface area contributed by atoms with E-state index in [0.29, 0.717) is 18.3 Å². The molecule has 3 aliphatic rings. The lowest BCUT2D eigenvalue weighted by molar-refractivity contribution is -0.545. The maximum atomic E-state index is 13.2. The highest BCUT2D eigenvalue weighted by atomic mass is 16.5. The van der Waals surface area contributed by atoms with E-state index in [1.165, 1.54) is 11.8 Å². The summed E-state index contributed by atoms with van der Waals surface area (Å²) < 4.78 is 7.28. The van der Waals surface area contributed by atoms with Crippen LogP contribution < -0.4 is 9.64 Å². The highest BCUT2D eigenvalue weighted by molar-refractivity contribution is 6.24. The molecule has 2 atom stereocenters. The zero-order valence-corrected chi connectivity index (χ0v) is 17.0. The van der Waals surface area contributed by atoms with Crippen LogP contribution in [-0.4, -0.2) is 83.7 Å². The van der Waals surface area contributed by atoms with Crippen molar-refractivity contribution in [3.8, 4) is 5.75 Å². The second-order valence-electron chi connectivity index (χ2n) is 7.71. The highest BCUT2D eigenvalue weighted by Gasteiger charge is 2.55. The molecule has 1 fully saturated rings. The van der Waals surface area contributed by atoms with Gasteiger partial charge in [-0.1, -0.05) is 18.0 Å². The van der Waals surface area contributed by atoms with Gasteiger partial charge in [-0.15, -0.1) is 0 Å². The molecule has 1 aromatic rings. The van der Waals surface area contributed by atoms with Crippen LogP contribution in [-0.2, 0) is 9.59 Å². The van der Waals surface area contributed by atoms with Crippen LogP contribution in [0.1, 0.15) is 13.8 Å². The Morgan fingerprint density at radius 3 is 2.79 bits per heavy atom. The van der Waals surface area contributed by atoms with Crippen LogP contribution in [0.3, 0.4) is 0 Å². The predicted octanol–water partition coefficient (Wildman–Crippen LogP) is 0.784. The summed E-state index contributed by atoms with van der Waals surface area (Å²) in [6.07, 6.45) is 0. The molecule has 9 nitrogen and oxygen atoms in total. The second-order valence-corrected chi connectivity index (χ2v) is 7.71. The Morgan fingerprint density at radius 1 is 1.34 bits per heavy atom. The number of urea groups is 1. The lowest BCUT2D eigenvalue weighted by Crippen LogP contribution is -2.64. The molecular formula is C20H24N5O4+. The third-order valence-corrected chi connectivity index (χ3v) is 5.38. The Hall–Kier alpha value is -3.23. The fourth-order valence-corrected chi connectivity index (χ4v) is 4.06. The van der Waals surface area contributed by atoms with Crippen molar-refractivity contribution in [2.24, 2.45) is 10.9 Å². The first kappa shape index (κ1) is 19.1. The molecule has 1 saturated heterocycles. The molecule has 4 rings (SSSR count). The average Bonchev–Trinajstić information content (AvgIpc) is 3.08. The second kappa shape index (κ2) is 6.98. The smallest absolute Gasteiger partial charge is 0.397 e. The Labute approximate surface area is 168 Å². The number of likely N-dealkylation sites (N-methyl/N-ethyl adjacent to an activating group) is 1. The van der Waals surface area contributed by atoms with Gasteiger partial charge in [-0.2, -0.15) is 0 Å². The summed E-state index contributed by atoms with van der Waals surface area (Å²) in [4.78, 5) is 46.5. The minimum Gasteiger partial charge on any atom is -0.497 e. The number of guanidine groups is 1. The number of anilines is 1. The van der Waals surface area contributed by atoms with Gasteiger partial charge < -0.3 is 4.74 Å². The number of rotatable bonds is 4. The molecule has 3 aliphatic heterocycles. The van der Waals surface area contributed by atoms with E-state index in [9.17, 15) is 14.4 Å². The van der Waals surface area contributed by atoms with Crippen LogP contribution in [0.5, 0.6) is 5.75 Å². The molecule has 3 amide bonds. The molecule has 0 aliphatic carbocycles. The van der Waals surface area contributed by atoms with E-state index in [2.05, 4.69) is 6.92 Å². The first-order valence-corrected chi connectivity index (χ1v) is 9.54. The fourth-order valence-electron chi connectivity index (χ4n) is 4.06. The number of hydrogen-bond donors (Lipinski definition) is 0. The monoisotopic (exact) mass is 398 g/mol. The number of ether oxygens (including phenoxy) is 1. The van der Waals surface area contributed by atoms with Gasteiger partial charge in [0.15, 0.2) is 0 Å². The molecule has 2 unspecified atom stereocenters. The van der Waals surface area contributed by atoms with Gasteiger partial charge >= 0.3 is 12.0 Å². The molecule has 0 N–H and O–H groups in total. The summed E-state index contributed by atoms with van der Waals surface area (Å²) in [5, 5.41) is 0. The molecular weight excluding hydrogens is 374 g/mol. The number of aliphatic imine (C=N–C) groups is 1. The van der Waals surface area contributed by atoms with Gasteiger partial charge in [0.25, 0.3) is 5.91 Å². The highest BCUT2D eigenvalue weighted by Crippen LogP contribution is 2.29. The summed E-state index contributed by atoms with van der Waals surface area (Å²) in [5.74, 6) is 1.37. The van der Waals surface area contributed by atoms with E-state index in [4.69, 9.17) is 9.73 Å². The van der Waals surface area contributed by atoms with Crippen molar-refractivity contribution in [3.05, 3.63) is 24.3 Å². The minimum absolute atomic E-state index is 0.232. The van der Waals surface area contributed by atoms with Gasteiger partial charge in [-0.3, -0.25) is 19.4 Å². The number of imide groups is 1. The van der Waals surface area contributed by atoms with Gasteiger partial charge in [0.05, 0.1) is 26.7 Å². The molecule has 9 heteroatoms. The molecule has 152 valence electrons. The Balaban J connectivity index is 1.78. The zero-order valence-electron chi connectivity index (χ0n) is 17.0. The van der Waals surface area contributed by atoms with E-state index in [1.807, 2.05) is 33.7 Å². The van der Waals surface area contributed by atoms with Crippen LogP contribution in [0.25, 0.3) is 0 Å². The molecule has 0 aromatic heterocycles. The number of Topliss-reactive ketones (excluding diaryl/α,β-unsaturated/α-hetero) is 1. The summed E-state index contributed by atoms with van der Waals surface area (Å²) in [6, 6.07) is 6.43. The number of amidine groups is 1. The fraction of sp³-hybridized carbons (Fsp3) is 0.450. The van der Waals surface area contributed by atoms with Gasteiger partial charge in [-0.05, 0) is 19.1 Å². The van der Waals surface area contributed by atoms with E-state index < -0.39 is 18.0 Å². The van der Waals surface area contributed by atoms with Crippen molar-refractivity contribution >= 4 is 35.2 Å². The van der Waals surface area contributed by atoms with E-state index >= 15 is 0 Å². The molecule has 29 heavy (non-hydrogen) atoms.